The van der Waals surface area contributed by atoms with Crippen LogP contribution in [0.25, 0.3) is 28.0 Å². The number of para-hydroxylation sites is 2. The van der Waals surface area contributed by atoms with Crippen LogP contribution in [-0.2, 0) is 0 Å². The summed E-state index contributed by atoms with van der Waals surface area (Å²) in [4.78, 5) is 28.8. The van der Waals surface area contributed by atoms with Crippen LogP contribution in [0.15, 0.2) is 151 Å². The molecule has 0 aliphatic heterocycles. The molecule has 0 N–H and O–H groups in total. The Hall–Kier alpha value is -5.54. The van der Waals surface area contributed by atoms with Gasteiger partial charge in [0.25, 0.3) is 0 Å². The molecule has 7 rings (SSSR count). The van der Waals surface area contributed by atoms with Crippen molar-refractivity contribution in [3.05, 3.63) is 168 Å². The van der Waals surface area contributed by atoms with Crippen molar-refractivity contribution < 1.29 is 9.59 Å². The Balaban J connectivity index is 1.27. The van der Waals surface area contributed by atoms with Gasteiger partial charge in [-0.2, -0.15) is 0 Å². The van der Waals surface area contributed by atoms with E-state index in [2.05, 4.69) is 53.4 Å². The molecule has 0 unspecified atom stereocenters. The van der Waals surface area contributed by atoms with E-state index in [1.807, 2.05) is 97.1 Å². The molecule has 0 saturated carbocycles. The first-order chi connectivity index (χ1) is 20.2. The molecule has 0 saturated heterocycles. The highest BCUT2D eigenvalue weighted by molar-refractivity contribution is 6.42. The number of ketones is 2. The Labute approximate surface area is 238 Å². The molecule has 0 radical (unpaired) electrons. The third-order valence-electron chi connectivity index (χ3n) is 7.57. The number of hydrogen-bond donors (Lipinski definition) is 0. The second kappa shape index (κ2) is 10.2. The second-order valence-electron chi connectivity index (χ2n) is 10.1. The Kier molecular flexibility index (Phi) is 6.10. The zero-order valence-electron chi connectivity index (χ0n) is 22.2. The SMILES string of the molecule is O=C1C(=Cc2ccc(N(c3ccccc3)c3ccccc3-c3ccccc3)cc2)C(=O)c2cc3ccccc3cc21. The quantitative estimate of drug-likeness (QED) is 0.166. The van der Waals surface area contributed by atoms with Crippen LogP contribution >= 0.6 is 0 Å². The summed E-state index contributed by atoms with van der Waals surface area (Å²) < 4.78 is 0. The van der Waals surface area contributed by atoms with Crippen molar-refractivity contribution in [2.45, 2.75) is 0 Å². The summed E-state index contributed by atoms with van der Waals surface area (Å²) in [6.07, 6.45) is 1.71. The van der Waals surface area contributed by atoms with Crippen molar-refractivity contribution >= 4 is 45.5 Å². The van der Waals surface area contributed by atoms with Crippen LogP contribution in [0.1, 0.15) is 26.3 Å². The lowest BCUT2D eigenvalue weighted by Gasteiger charge is -2.28. The minimum atomic E-state index is -0.220. The molecule has 1 aliphatic rings. The van der Waals surface area contributed by atoms with E-state index >= 15 is 0 Å². The molecule has 41 heavy (non-hydrogen) atoms. The Morgan fingerprint density at radius 1 is 0.463 bits per heavy atom. The number of benzene rings is 6. The number of allylic oxidation sites excluding steroid dienone is 1. The Morgan fingerprint density at radius 3 is 1.61 bits per heavy atom. The van der Waals surface area contributed by atoms with Crippen LogP contribution in [-0.4, -0.2) is 11.6 Å². The highest BCUT2D eigenvalue weighted by atomic mass is 16.2. The number of rotatable bonds is 5. The molecule has 194 valence electrons. The standard InChI is InChI=1S/C38H25NO2/c40-37-33-24-28-13-7-8-14-29(28)25-34(33)38(41)35(37)23-26-19-21-31(22-20-26)39(30-15-5-2-6-16-30)36-18-10-9-17-32(36)27-11-3-1-4-12-27/h1-25H. The number of nitrogens with zero attached hydrogens (tertiary/aromatic N) is 1. The Morgan fingerprint density at radius 2 is 0.976 bits per heavy atom. The highest BCUT2D eigenvalue weighted by Gasteiger charge is 2.33. The van der Waals surface area contributed by atoms with E-state index in [1.165, 1.54) is 0 Å². The Bertz CT molecular complexity index is 1900. The third-order valence-corrected chi connectivity index (χ3v) is 7.57. The van der Waals surface area contributed by atoms with Crippen molar-refractivity contribution in [3.63, 3.8) is 0 Å². The van der Waals surface area contributed by atoms with Gasteiger partial charge in [-0.05, 0) is 70.4 Å². The minimum Gasteiger partial charge on any atom is -0.310 e. The van der Waals surface area contributed by atoms with Gasteiger partial charge in [0.15, 0.2) is 11.6 Å². The highest BCUT2D eigenvalue weighted by Crippen LogP contribution is 2.40. The van der Waals surface area contributed by atoms with Crippen molar-refractivity contribution in [3.8, 4) is 11.1 Å². The maximum absolute atomic E-state index is 13.3. The summed E-state index contributed by atoms with van der Waals surface area (Å²) in [6, 6.07) is 48.4. The molecule has 0 bridgehead atoms. The van der Waals surface area contributed by atoms with Gasteiger partial charge in [-0.15, -0.1) is 0 Å². The summed E-state index contributed by atoms with van der Waals surface area (Å²) in [5.74, 6) is -0.440. The van der Waals surface area contributed by atoms with Gasteiger partial charge >= 0.3 is 0 Å². The average molecular weight is 528 g/mol. The summed E-state index contributed by atoms with van der Waals surface area (Å²) in [6.45, 7) is 0. The van der Waals surface area contributed by atoms with E-state index in [1.54, 1.807) is 6.08 Å². The van der Waals surface area contributed by atoms with Gasteiger partial charge in [-0.1, -0.05) is 103 Å². The van der Waals surface area contributed by atoms with Gasteiger partial charge in [0.1, 0.15) is 0 Å². The molecular weight excluding hydrogens is 502 g/mol. The molecule has 0 heterocycles. The van der Waals surface area contributed by atoms with Crippen molar-refractivity contribution in [2.75, 3.05) is 4.90 Å². The largest absolute Gasteiger partial charge is 0.310 e. The van der Waals surface area contributed by atoms with Crippen molar-refractivity contribution in [1.29, 1.82) is 0 Å². The fourth-order valence-electron chi connectivity index (χ4n) is 5.56. The average Bonchev–Trinajstić information content (AvgIpc) is 3.26. The number of carbonyl (C=O) groups excluding carboxylic acids is 2. The number of Topliss-reactive ketones (excluding diaryl/α,β-unsaturated/α-hetero) is 2. The van der Waals surface area contributed by atoms with Gasteiger partial charge < -0.3 is 4.90 Å². The first-order valence-corrected chi connectivity index (χ1v) is 13.6. The van der Waals surface area contributed by atoms with Crippen LogP contribution in [0.4, 0.5) is 17.1 Å². The maximum atomic E-state index is 13.3. The van der Waals surface area contributed by atoms with Crippen LogP contribution in [0.5, 0.6) is 0 Å². The normalized spacial score (nSPS) is 12.4. The van der Waals surface area contributed by atoms with E-state index < -0.39 is 0 Å². The number of carbonyl (C=O) groups is 2. The van der Waals surface area contributed by atoms with E-state index in [0.717, 1.165) is 44.5 Å². The van der Waals surface area contributed by atoms with E-state index in [-0.39, 0.29) is 17.1 Å². The molecule has 1 aliphatic carbocycles. The van der Waals surface area contributed by atoms with Crippen LogP contribution in [0, 0.1) is 0 Å². The number of anilines is 3. The predicted molar refractivity (Wildman–Crippen MR) is 167 cm³/mol. The lowest BCUT2D eigenvalue weighted by atomic mass is 10.0. The number of fused-ring (bicyclic) bond motifs is 2. The van der Waals surface area contributed by atoms with Gasteiger partial charge in [-0.3, -0.25) is 9.59 Å². The molecule has 3 nitrogen and oxygen atoms in total. The van der Waals surface area contributed by atoms with Crippen LogP contribution in [0.3, 0.4) is 0 Å². The zero-order valence-corrected chi connectivity index (χ0v) is 22.2. The van der Waals surface area contributed by atoms with Gasteiger partial charge in [-0.25, -0.2) is 0 Å². The van der Waals surface area contributed by atoms with Gasteiger partial charge in [0, 0.05) is 28.1 Å². The van der Waals surface area contributed by atoms with E-state index in [0.29, 0.717) is 11.1 Å². The van der Waals surface area contributed by atoms with Gasteiger partial charge in [0.2, 0.25) is 0 Å². The first-order valence-electron chi connectivity index (χ1n) is 13.6. The van der Waals surface area contributed by atoms with E-state index in [4.69, 9.17) is 0 Å². The molecule has 0 fully saturated rings. The van der Waals surface area contributed by atoms with Gasteiger partial charge in [0.05, 0.1) is 11.3 Å². The summed E-state index contributed by atoms with van der Waals surface area (Å²) in [5, 5.41) is 1.91. The molecule has 0 atom stereocenters. The fourth-order valence-corrected chi connectivity index (χ4v) is 5.56. The predicted octanol–water partition coefficient (Wildman–Crippen LogP) is 9.44. The molecular formula is C38H25NO2. The number of hydrogen-bond acceptors (Lipinski definition) is 3. The topological polar surface area (TPSA) is 37.4 Å². The molecule has 3 heteroatoms. The third kappa shape index (κ3) is 4.44. The summed E-state index contributed by atoms with van der Waals surface area (Å²) in [7, 11) is 0. The molecule has 6 aromatic carbocycles. The van der Waals surface area contributed by atoms with E-state index in [9.17, 15) is 9.59 Å². The maximum Gasteiger partial charge on any atom is 0.197 e. The molecule has 0 spiro atoms. The minimum absolute atomic E-state index is 0.206. The monoisotopic (exact) mass is 527 g/mol. The van der Waals surface area contributed by atoms with Crippen LogP contribution < -0.4 is 4.90 Å². The van der Waals surface area contributed by atoms with Crippen LogP contribution in [0.2, 0.25) is 0 Å². The van der Waals surface area contributed by atoms with Crippen molar-refractivity contribution in [1.82, 2.24) is 0 Å². The first kappa shape index (κ1) is 24.5. The molecule has 0 aromatic heterocycles. The molecule has 6 aromatic rings. The lowest BCUT2D eigenvalue weighted by molar-refractivity contribution is 0.0990. The summed E-state index contributed by atoms with van der Waals surface area (Å²) >= 11 is 0. The zero-order chi connectivity index (χ0) is 27.8. The fraction of sp³-hybridized carbons (Fsp3) is 0. The second-order valence-corrected chi connectivity index (χ2v) is 10.1. The summed E-state index contributed by atoms with van der Waals surface area (Å²) in [5.41, 5.74) is 7.27. The smallest absolute Gasteiger partial charge is 0.197 e. The van der Waals surface area contributed by atoms with Crippen molar-refractivity contribution in [2.24, 2.45) is 0 Å². The molecule has 0 amide bonds. The lowest BCUT2D eigenvalue weighted by Crippen LogP contribution is -2.11.